The van der Waals surface area contributed by atoms with Gasteiger partial charge in [0.05, 0.1) is 5.56 Å². The average molecular weight is 444 g/mol. The lowest BCUT2D eigenvalue weighted by Crippen LogP contribution is -2.40. The van der Waals surface area contributed by atoms with Crippen LogP contribution in [-0.4, -0.2) is 46.7 Å². The molecule has 0 bridgehead atoms. The van der Waals surface area contributed by atoms with Crippen LogP contribution in [0, 0.1) is 0 Å². The highest BCUT2D eigenvalue weighted by Gasteiger charge is 2.30. The van der Waals surface area contributed by atoms with Gasteiger partial charge < -0.3 is 14.4 Å². The highest BCUT2D eigenvalue weighted by Crippen LogP contribution is 2.29. The average Bonchev–Trinajstić information content (AvgIpc) is 3.01. The third kappa shape index (κ3) is 4.17. The molecule has 6 nitrogen and oxygen atoms in total. The number of nitrogens with zero attached hydrogens (tertiary/aromatic N) is 3. The fraction of sp³-hybridized carbons (Fsp3) is 0.370. The van der Waals surface area contributed by atoms with Crippen LogP contribution in [0.3, 0.4) is 0 Å². The molecule has 0 spiro atoms. The lowest BCUT2D eigenvalue weighted by molar-refractivity contribution is -0.131. The lowest BCUT2D eigenvalue weighted by atomic mass is 10.0. The number of carbonyl (C=O) groups excluding carboxylic acids is 3. The van der Waals surface area contributed by atoms with Crippen LogP contribution in [0.15, 0.2) is 54.7 Å². The first kappa shape index (κ1) is 21.4. The molecular formula is C27H29N3O3. The van der Waals surface area contributed by atoms with Gasteiger partial charge >= 0.3 is 0 Å². The van der Waals surface area contributed by atoms with Crippen molar-refractivity contribution in [1.29, 1.82) is 0 Å². The van der Waals surface area contributed by atoms with Crippen molar-refractivity contribution in [2.45, 2.75) is 45.1 Å². The number of Topliss-reactive ketones (excluding diaryl/α,β-unsaturated/α-hetero) is 1. The molecule has 3 heterocycles. The Balaban J connectivity index is 1.44. The van der Waals surface area contributed by atoms with Crippen molar-refractivity contribution in [1.82, 2.24) is 9.47 Å². The summed E-state index contributed by atoms with van der Waals surface area (Å²) in [5.41, 5.74) is 3.08. The number of para-hydroxylation sites is 2. The Hall–Kier alpha value is -3.41. The van der Waals surface area contributed by atoms with Gasteiger partial charge in [-0.25, -0.2) is 0 Å². The summed E-state index contributed by atoms with van der Waals surface area (Å²) in [5, 5.41) is 0.713. The monoisotopic (exact) mass is 443 g/mol. The summed E-state index contributed by atoms with van der Waals surface area (Å²) >= 11 is 0. The number of likely N-dealkylation sites (tertiary alicyclic amines) is 1. The predicted octanol–water partition coefficient (Wildman–Crippen LogP) is 4.21. The number of aromatic nitrogens is 1. The topological polar surface area (TPSA) is 62.6 Å². The molecule has 6 heteroatoms. The Labute approximate surface area is 193 Å². The number of rotatable bonds is 4. The van der Waals surface area contributed by atoms with Gasteiger partial charge in [0.15, 0.2) is 0 Å². The van der Waals surface area contributed by atoms with Crippen LogP contribution in [0.5, 0.6) is 0 Å². The van der Waals surface area contributed by atoms with E-state index in [1.807, 2.05) is 58.0 Å². The predicted molar refractivity (Wildman–Crippen MR) is 128 cm³/mol. The zero-order valence-electron chi connectivity index (χ0n) is 18.8. The highest BCUT2D eigenvalue weighted by molar-refractivity contribution is 6.49. The van der Waals surface area contributed by atoms with E-state index in [1.165, 1.54) is 0 Å². The first-order valence-corrected chi connectivity index (χ1v) is 11.9. The smallest absolute Gasteiger partial charge is 0.299 e. The number of amides is 2. The van der Waals surface area contributed by atoms with Crippen molar-refractivity contribution in [2.75, 3.05) is 24.5 Å². The van der Waals surface area contributed by atoms with Crippen molar-refractivity contribution >= 4 is 34.2 Å². The van der Waals surface area contributed by atoms with Gasteiger partial charge in [0.2, 0.25) is 5.91 Å². The number of carbonyl (C=O) groups is 3. The molecule has 0 atom stereocenters. The molecule has 1 fully saturated rings. The van der Waals surface area contributed by atoms with Gasteiger partial charge in [-0.2, -0.15) is 0 Å². The quantitative estimate of drug-likeness (QED) is 0.448. The molecule has 1 aromatic heterocycles. The summed E-state index contributed by atoms with van der Waals surface area (Å²) in [5.74, 6) is -0.972. The number of fused-ring (bicyclic) bond motifs is 2. The third-order valence-corrected chi connectivity index (χ3v) is 6.85. The van der Waals surface area contributed by atoms with Crippen molar-refractivity contribution in [3.63, 3.8) is 0 Å². The van der Waals surface area contributed by atoms with Crippen LogP contribution in [0.4, 0.5) is 5.69 Å². The second-order valence-corrected chi connectivity index (χ2v) is 9.00. The summed E-state index contributed by atoms with van der Waals surface area (Å²) in [7, 11) is 0. The Morgan fingerprint density at radius 1 is 0.788 bits per heavy atom. The fourth-order valence-electron chi connectivity index (χ4n) is 5.11. The number of hydrogen-bond acceptors (Lipinski definition) is 3. The molecule has 1 saturated heterocycles. The van der Waals surface area contributed by atoms with Crippen LogP contribution in [0.25, 0.3) is 10.9 Å². The molecule has 2 amide bonds. The van der Waals surface area contributed by atoms with Gasteiger partial charge in [-0.15, -0.1) is 0 Å². The van der Waals surface area contributed by atoms with Crippen molar-refractivity contribution in [2.24, 2.45) is 0 Å². The maximum atomic E-state index is 13.4. The minimum atomic E-state index is -0.524. The van der Waals surface area contributed by atoms with Crippen LogP contribution in [-0.2, 0) is 22.6 Å². The van der Waals surface area contributed by atoms with E-state index in [4.69, 9.17) is 0 Å². The maximum absolute atomic E-state index is 13.4. The fourth-order valence-corrected chi connectivity index (χ4v) is 5.11. The van der Waals surface area contributed by atoms with Gasteiger partial charge in [-0.05, 0) is 43.4 Å². The van der Waals surface area contributed by atoms with E-state index in [0.29, 0.717) is 17.5 Å². The van der Waals surface area contributed by atoms with Crippen LogP contribution in [0.1, 0.15) is 48.0 Å². The summed E-state index contributed by atoms with van der Waals surface area (Å²) in [6.45, 7) is 2.29. The molecular weight excluding hydrogens is 414 g/mol. The normalized spacial score (nSPS) is 16.4. The molecule has 0 unspecified atom stereocenters. The van der Waals surface area contributed by atoms with Crippen molar-refractivity contribution in [3.05, 3.63) is 65.9 Å². The number of hydrogen-bond donors (Lipinski definition) is 0. The molecule has 3 aromatic rings. The molecule has 2 aliphatic rings. The lowest BCUT2D eigenvalue weighted by Gasteiger charge is -2.28. The molecule has 0 N–H and O–H groups in total. The summed E-state index contributed by atoms with van der Waals surface area (Å²) in [6, 6.07) is 15.3. The third-order valence-electron chi connectivity index (χ3n) is 6.85. The number of aryl methyl sites for hydroxylation is 1. The number of anilines is 1. The Morgan fingerprint density at radius 3 is 2.33 bits per heavy atom. The SMILES string of the molecule is O=C(C(=O)N1CCCc2ccccc21)c1cn(CC(=O)N2CCCCCC2)c2ccccc12. The van der Waals surface area contributed by atoms with E-state index >= 15 is 0 Å². The first-order valence-electron chi connectivity index (χ1n) is 11.9. The molecule has 33 heavy (non-hydrogen) atoms. The summed E-state index contributed by atoms with van der Waals surface area (Å²) in [4.78, 5) is 43.3. The van der Waals surface area contributed by atoms with Gasteiger partial charge in [0, 0.05) is 42.4 Å². The highest BCUT2D eigenvalue weighted by atomic mass is 16.2. The summed E-state index contributed by atoms with van der Waals surface area (Å²) in [6.07, 6.45) is 7.83. The molecule has 0 aliphatic carbocycles. The van der Waals surface area contributed by atoms with Crippen LogP contribution >= 0.6 is 0 Å². The summed E-state index contributed by atoms with van der Waals surface area (Å²) < 4.78 is 1.83. The zero-order valence-corrected chi connectivity index (χ0v) is 18.8. The second-order valence-electron chi connectivity index (χ2n) is 9.00. The van der Waals surface area contributed by atoms with Crippen molar-refractivity contribution in [3.8, 4) is 0 Å². The largest absolute Gasteiger partial charge is 0.341 e. The molecule has 2 aliphatic heterocycles. The molecule has 5 rings (SSSR count). The first-order chi connectivity index (χ1) is 16.1. The van der Waals surface area contributed by atoms with Gasteiger partial charge in [0.1, 0.15) is 6.54 Å². The van der Waals surface area contributed by atoms with E-state index in [2.05, 4.69) is 0 Å². The number of ketones is 1. The number of benzene rings is 2. The van der Waals surface area contributed by atoms with E-state index in [-0.39, 0.29) is 12.5 Å². The zero-order chi connectivity index (χ0) is 22.8. The second kappa shape index (κ2) is 9.22. The van der Waals surface area contributed by atoms with E-state index in [9.17, 15) is 14.4 Å². The van der Waals surface area contributed by atoms with E-state index in [1.54, 1.807) is 11.1 Å². The van der Waals surface area contributed by atoms with E-state index < -0.39 is 11.7 Å². The Bertz CT molecular complexity index is 1200. The van der Waals surface area contributed by atoms with Crippen LogP contribution in [0.2, 0.25) is 0 Å². The van der Waals surface area contributed by atoms with E-state index in [0.717, 1.165) is 68.4 Å². The minimum Gasteiger partial charge on any atom is -0.341 e. The van der Waals surface area contributed by atoms with Crippen LogP contribution < -0.4 is 4.90 Å². The maximum Gasteiger partial charge on any atom is 0.299 e. The molecule has 2 aromatic carbocycles. The standard InChI is InChI=1S/C27H29N3O3/c31-25(28-15-7-1-2-8-16-28)19-29-18-22(21-12-4-6-14-24(21)29)26(32)27(33)30-17-9-11-20-10-3-5-13-23(20)30/h3-6,10,12-14,18H,1-2,7-9,11,15-17,19H2. The van der Waals surface area contributed by atoms with Crippen molar-refractivity contribution < 1.29 is 14.4 Å². The van der Waals surface area contributed by atoms with Gasteiger partial charge in [-0.3, -0.25) is 14.4 Å². The van der Waals surface area contributed by atoms with Gasteiger partial charge in [0.25, 0.3) is 11.7 Å². The molecule has 0 radical (unpaired) electrons. The Kier molecular flexibility index (Phi) is 5.99. The molecule has 170 valence electrons. The minimum absolute atomic E-state index is 0.0629. The Morgan fingerprint density at radius 2 is 1.52 bits per heavy atom. The molecule has 0 saturated carbocycles. The van der Waals surface area contributed by atoms with Gasteiger partial charge in [-0.1, -0.05) is 49.2 Å².